The predicted molar refractivity (Wildman–Crippen MR) is 56.0 cm³/mol. The second-order valence-corrected chi connectivity index (χ2v) is 2.63. The minimum Gasteiger partial charge on any atom is -0.412 e. The van der Waals surface area contributed by atoms with E-state index < -0.39 is 0 Å². The Morgan fingerprint density at radius 2 is 1.62 bits per heavy atom. The third kappa shape index (κ3) is 1.91. The molecule has 68 valence electrons. The fourth-order valence-corrected chi connectivity index (χ4v) is 1.24. The van der Waals surface area contributed by atoms with E-state index >= 15 is 0 Å². The van der Waals surface area contributed by atoms with Gasteiger partial charge in [0.25, 0.3) is 0 Å². The quantitative estimate of drug-likeness (QED) is 0.710. The molecule has 2 rings (SSSR count). The van der Waals surface area contributed by atoms with Gasteiger partial charge in [-0.2, -0.15) is 5.90 Å². The number of fused-ring (bicyclic) bond motifs is 1. The highest BCUT2D eigenvalue weighted by atomic mass is 35.5. The summed E-state index contributed by atoms with van der Waals surface area (Å²) < 4.78 is 0. The van der Waals surface area contributed by atoms with E-state index in [-0.39, 0.29) is 12.4 Å². The molecule has 0 atom stereocenters. The van der Waals surface area contributed by atoms with Crippen molar-refractivity contribution in [3.63, 3.8) is 0 Å². The van der Waals surface area contributed by atoms with Crippen molar-refractivity contribution in [2.75, 3.05) is 0 Å². The number of rotatable bonds is 1. The van der Waals surface area contributed by atoms with Crippen LogP contribution in [0.5, 0.6) is 5.75 Å². The van der Waals surface area contributed by atoms with Gasteiger partial charge in [0.15, 0.2) is 0 Å². The van der Waals surface area contributed by atoms with Crippen molar-refractivity contribution in [2.45, 2.75) is 0 Å². The van der Waals surface area contributed by atoms with Crippen LogP contribution in [0.1, 0.15) is 0 Å². The first kappa shape index (κ1) is 9.84. The van der Waals surface area contributed by atoms with Crippen molar-refractivity contribution < 1.29 is 4.84 Å². The van der Waals surface area contributed by atoms with E-state index in [1.54, 1.807) is 0 Å². The number of hydrogen-bond donors (Lipinski definition) is 1. The van der Waals surface area contributed by atoms with Gasteiger partial charge in [0.2, 0.25) is 0 Å². The molecule has 0 bridgehead atoms. The van der Waals surface area contributed by atoms with Crippen LogP contribution in [0.3, 0.4) is 0 Å². The van der Waals surface area contributed by atoms with Crippen LogP contribution in [-0.2, 0) is 0 Å². The molecule has 0 fully saturated rings. The van der Waals surface area contributed by atoms with Crippen LogP contribution >= 0.6 is 12.4 Å². The normalized spacial score (nSPS) is 9.31. The highest BCUT2D eigenvalue weighted by Gasteiger charge is 1.93. The molecule has 2 aromatic carbocycles. The zero-order valence-corrected chi connectivity index (χ0v) is 7.75. The van der Waals surface area contributed by atoms with Gasteiger partial charge in [0.1, 0.15) is 5.75 Å². The smallest absolute Gasteiger partial charge is 0.147 e. The van der Waals surface area contributed by atoms with Crippen LogP contribution in [-0.4, -0.2) is 0 Å². The summed E-state index contributed by atoms with van der Waals surface area (Å²) in [5.74, 6) is 5.73. The van der Waals surface area contributed by atoms with Gasteiger partial charge in [-0.25, -0.2) is 0 Å². The lowest BCUT2D eigenvalue weighted by molar-refractivity contribution is 0.335. The summed E-state index contributed by atoms with van der Waals surface area (Å²) in [4.78, 5) is 4.62. The monoisotopic (exact) mass is 195 g/mol. The third-order valence-corrected chi connectivity index (χ3v) is 1.86. The lowest BCUT2D eigenvalue weighted by atomic mass is 10.1. The second-order valence-electron chi connectivity index (χ2n) is 2.63. The summed E-state index contributed by atoms with van der Waals surface area (Å²) in [6.45, 7) is 0. The van der Waals surface area contributed by atoms with E-state index in [0.29, 0.717) is 5.75 Å². The molecule has 0 heterocycles. The summed E-state index contributed by atoms with van der Waals surface area (Å²) in [7, 11) is 0. The van der Waals surface area contributed by atoms with E-state index in [1.807, 2.05) is 36.4 Å². The molecular weight excluding hydrogens is 186 g/mol. The standard InChI is InChI=1S/C10H9NO.ClH/c11-12-10-6-5-8-3-1-2-4-9(8)7-10;/h1-7H,11H2;1H. The summed E-state index contributed by atoms with van der Waals surface area (Å²) in [5.41, 5.74) is 0. The summed E-state index contributed by atoms with van der Waals surface area (Å²) in [6, 6.07) is 13.8. The Bertz CT molecular complexity index is 403. The second kappa shape index (κ2) is 4.12. The highest BCUT2D eigenvalue weighted by molar-refractivity contribution is 5.85. The molecule has 2 aromatic rings. The number of nitrogens with two attached hydrogens (primary N) is 1. The fourth-order valence-electron chi connectivity index (χ4n) is 1.24. The van der Waals surface area contributed by atoms with Crippen molar-refractivity contribution in [3.05, 3.63) is 42.5 Å². The molecule has 0 amide bonds. The summed E-state index contributed by atoms with van der Waals surface area (Å²) in [6.07, 6.45) is 0. The van der Waals surface area contributed by atoms with Crippen LogP contribution in [0.15, 0.2) is 42.5 Å². The van der Waals surface area contributed by atoms with Crippen LogP contribution in [0.4, 0.5) is 0 Å². The maximum atomic E-state index is 5.04. The molecule has 2 N–H and O–H groups in total. The molecule has 0 aromatic heterocycles. The molecule has 0 unspecified atom stereocenters. The van der Waals surface area contributed by atoms with Gasteiger partial charge in [0.05, 0.1) is 0 Å². The average molecular weight is 196 g/mol. The lowest BCUT2D eigenvalue weighted by Gasteiger charge is -2.00. The topological polar surface area (TPSA) is 35.2 Å². The van der Waals surface area contributed by atoms with Crippen LogP contribution in [0.2, 0.25) is 0 Å². The molecule has 0 aliphatic rings. The van der Waals surface area contributed by atoms with Crippen molar-refractivity contribution in [2.24, 2.45) is 5.90 Å². The van der Waals surface area contributed by atoms with Crippen LogP contribution in [0, 0.1) is 0 Å². The van der Waals surface area contributed by atoms with Crippen LogP contribution in [0.25, 0.3) is 10.8 Å². The van der Waals surface area contributed by atoms with E-state index in [0.717, 1.165) is 5.39 Å². The van der Waals surface area contributed by atoms with Gasteiger partial charge in [-0.15, -0.1) is 12.4 Å². The first-order valence-electron chi connectivity index (χ1n) is 3.76. The minimum absolute atomic E-state index is 0. The Labute approximate surface area is 82.7 Å². The minimum atomic E-state index is 0. The largest absolute Gasteiger partial charge is 0.412 e. The molecule has 13 heavy (non-hydrogen) atoms. The molecular formula is C10H10ClNO. The highest BCUT2D eigenvalue weighted by Crippen LogP contribution is 2.19. The third-order valence-electron chi connectivity index (χ3n) is 1.86. The fraction of sp³-hybridized carbons (Fsp3) is 0. The maximum Gasteiger partial charge on any atom is 0.147 e. The zero-order valence-electron chi connectivity index (χ0n) is 6.94. The average Bonchev–Trinajstić information content (AvgIpc) is 2.17. The van der Waals surface area contributed by atoms with Crippen LogP contribution < -0.4 is 10.7 Å². The first-order valence-corrected chi connectivity index (χ1v) is 3.76. The summed E-state index contributed by atoms with van der Waals surface area (Å²) in [5, 5.41) is 2.33. The predicted octanol–water partition coefficient (Wildman–Crippen LogP) is 2.51. The zero-order chi connectivity index (χ0) is 8.39. The molecule has 0 saturated heterocycles. The Balaban J connectivity index is 0.000000845. The Hall–Kier alpha value is -1.25. The molecule has 0 aliphatic heterocycles. The van der Waals surface area contributed by atoms with Gasteiger partial charge in [0, 0.05) is 0 Å². The molecule has 2 nitrogen and oxygen atoms in total. The SMILES string of the molecule is Cl.NOc1ccc2ccccc2c1. The van der Waals surface area contributed by atoms with Crippen molar-refractivity contribution in [1.82, 2.24) is 0 Å². The molecule has 0 spiro atoms. The van der Waals surface area contributed by atoms with E-state index in [4.69, 9.17) is 5.90 Å². The Kier molecular flexibility index (Phi) is 3.12. The molecule has 3 heteroatoms. The molecule has 0 radical (unpaired) electrons. The van der Waals surface area contributed by atoms with Crippen molar-refractivity contribution in [3.8, 4) is 5.75 Å². The lowest BCUT2D eigenvalue weighted by Crippen LogP contribution is -2.01. The first-order chi connectivity index (χ1) is 5.90. The maximum absolute atomic E-state index is 5.04. The van der Waals surface area contributed by atoms with E-state index in [2.05, 4.69) is 10.9 Å². The Morgan fingerprint density at radius 3 is 2.31 bits per heavy atom. The molecule has 0 aliphatic carbocycles. The number of halogens is 1. The number of hydrogen-bond acceptors (Lipinski definition) is 2. The van der Waals surface area contributed by atoms with E-state index in [9.17, 15) is 0 Å². The van der Waals surface area contributed by atoms with Gasteiger partial charge >= 0.3 is 0 Å². The summed E-state index contributed by atoms with van der Waals surface area (Å²) >= 11 is 0. The van der Waals surface area contributed by atoms with Gasteiger partial charge in [-0.1, -0.05) is 30.3 Å². The molecule has 0 saturated carbocycles. The Morgan fingerprint density at radius 1 is 0.923 bits per heavy atom. The van der Waals surface area contributed by atoms with Gasteiger partial charge < -0.3 is 4.84 Å². The van der Waals surface area contributed by atoms with Crippen molar-refractivity contribution >= 4 is 23.2 Å². The number of benzene rings is 2. The van der Waals surface area contributed by atoms with Gasteiger partial charge in [-0.3, -0.25) is 0 Å². The van der Waals surface area contributed by atoms with Crippen molar-refractivity contribution in [1.29, 1.82) is 0 Å². The van der Waals surface area contributed by atoms with Gasteiger partial charge in [-0.05, 0) is 22.9 Å². The van der Waals surface area contributed by atoms with E-state index in [1.165, 1.54) is 5.39 Å².